The SMILES string of the molecule is Cc1ccn2c(C(=O)NC3CCC(c4n[nH]c(=O)c5ccccc45)CC3)cnc2c1Cl. The van der Waals surface area contributed by atoms with E-state index in [9.17, 15) is 9.59 Å². The zero-order valence-electron chi connectivity index (χ0n) is 17.1. The number of carbonyl (C=O) groups excluding carboxylic acids is 1. The van der Waals surface area contributed by atoms with Crippen molar-refractivity contribution >= 4 is 33.9 Å². The quantitative estimate of drug-likeness (QED) is 0.509. The zero-order chi connectivity index (χ0) is 21.5. The Bertz CT molecular complexity index is 1350. The molecule has 0 spiro atoms. The normalized spacial score (nSPS) is 19.0. The van der Waals surface area contributed by atoms with E-state index >= 15 is 0 Å². The van der Waals surface area contributed by atoms with Gasteiger partial charge in [-0.15, -0.1) is 0 Å². The molecule has 0 bridgehead atoms. The number of aromatic nitrogens is 4. The lowest BCUT2D eigenvalue weighted by molar-refractivity contribution is 0.0919. The number of H-pyrrole nitrogens is 1. The van der Waals surface area contributed by atoms with Crippen molar-refractivity contribution < 1.29 is 4.79 Å². The van der Waals surface area contributed by atoms with Crippen molar-refractivity contribution in [3.63, 3.8) is 0 Å². The van der Waals surface area contributed by atoms with Crippen molar-refractivity contribution in [2.75, 3.05) is 0 Å². The fourth-order valence-corrected chi connectivity index (χ4v) is 4.70. The first kappa shape index (κ1) is 19.8. The fraction of sp³-hybridized carbons (Fsp3) is 0.304. The summed E-state index contributed by atoms with van der Waals surface area (Å²) < 4.78 is 1.73. The van der Waals surface area contributed by atoms with Gasteiger partial charge in [-0.05, 0) is 50.3 Å². The lowest BCUT2D eigenvalue weighted by Crippen LogP contribution is -2.38. The zero-order valence-corrected chi connectivity index (χ0v) is 17.8. The summed E-state index contributed by atoms with van der Waals surface area (Å²) in [5, 5.41) is 12.3. The van der Waals surface area contributed by atoms with Crippen LogP contribution in [-0.4, -0.2) is 31.5 Å². The van der Waals surface area contributed by atoms with Crippen LogP contribution in [0.3, 0.4) is 0 Å². The van der Waals surface area contributed by atoms with E-state index in [0.29, 0.717) is 21.7 Å². The molecule has 0 atom stereocenters. The van der Waals surface area contributed by atoms with E-state index in [1.165, 1.54) is 0 Å². The van der Waals surface area contributed by atoms with Crippen molar-refractivity contribution in [1.82, 2.24) is 24.9 Å². The third-order valence-corrected chi connectivity index (χ3v) is 6.69. The second-order valence-electron chi connectivity index (χ2n) is 8.16. The van der Waals surface area contributed by atoms with Gasteiger partial charge in [-0.1, -0.05) is 29.8 Å². The lowest BCUT2D eigenvalue weighted by atomic mass is 9.82. The monoisotopic (exact) mass is 435 g/mol. The third-order valence-electron chi connectivity index (χ3n) is 6.22. The molecule has 8 heteroatoms. The van der Waals surface area contributed by atoms with E-state index < -0.39 is 0 Å². The molecule has 7 nitrogen and oxygen atoms in total. The summed E-state index contributed by atoms with van der Waals surface area (Å²) in [5.74, 6) is 0.107. The lowest BCUT2D eigenvalue weighted by Gasteiger charge is -2.29. The van der Waals surface area contributed by atoms with Crippen molar-refractivity contribution in [3.05, 3.63) is 75.1 Å². The molecular weight excluding hydrogens is 414 g/mol. The van der Waals surface area contributed by atoms with Gasteiger partial charge in [0.15, 0.2) is 5.65 Å². The predicted molar refractivity (Wildman–Crippen MR) is 120 cm³/mol. The summed E-state index contributed by atoms with van der Waals surface area (Å²) in [6.07, 6.45) is 6.88. The molecule has 1 aliphatic rings. The molecule has 0 saturated heterocycles. The number of aromatic amines is 1. The summed E-state index contributed by atoms with van der Waals surface area (Å²) in [5.41, 5.74) is 2.77. The largest absolute Gasteiger partial charge is 0.348 e. The standard InChI is InChI=1S/C23H22ClN5O2/c1-13-10-11-29-18(12-25-21(29)19(13)24)23(31)26-15-8-6-14(7-9-15)20-16-4-2-3-5-17(16)22(30)28-27-20/h2-5,10-12,14-15H,6-9H2,1H3,(H,26,31)(H,28,30). The Balaban J connectivity index is 1.30. The Morgan fingerprint density at radius 1 is 1.16 bits per heavy atom. The van der Waals surface area contributed by atoms with Gasteiger partial charge in [0, 0.05) is 23.5 Å². The van der Waals surface area contributed by atoms with Crippen molar-refractivity contribution in [3.8, 4) is 0 Å². The second kappa shape index (κ2) is 7.81. The predicted octanol–water partition coefficient (Wildman–Crippen LogP) is 3.99. The topological polar surface area (TPSA) is 92.1 Å². The van der Waals surface area contributed by atoms with Gasteiger partial charge in [0.1, 0.15) is 5.69 Å². The van der Waals surface area contributed by atoms with Crippen LogP contribution in [0.5, 0.6) is 0 Å². The van der Waals surface area contributed by atoms with Crippen molar-refractivity contribution in [2.24, 2.45) is 0 Å². The molecule has 0 aliphatic heterocycles. The van der Waals surface area contributed by atoms with Gasteiger partial charge < -0.3 is 5.32 Å². The fourth-order valence-electron chi connectivity index (χ4n) is 4.50. The van der Waals surface area contributed by atoms with Crippen molar-refractivity contribution in [2.45, 2.75) is 44.6 Å². The molecule has 0 unspecified atom stereocenters. The number of imidazole rings is 1. The molecular formula is C23H22ClN5O2. The first-order valence-corrected chi connectivity index (χ1v) is 10.8. The molecule has 158 valence electrons. The maximum absolute atomic E-state index is 12.9. The number of pyridine rings is 1. The number of benzene rings is 1. The van der Waals surface area contributed by atoms with Gasteiger partial charge in [0.2, 0.25) is 0 Å². The van der Waals surface area contributed by atoms with Crippen LogP contribution in [0.1, 0.15) is 53.3 Å². The Morgan fingerprint density at radius 2 is 1.90 bits per heavy atom. The van der Waals surface area contributed by atoms with E-state index in [4.69, 9.17) is 11.6 Å². The maximum atomic E-state index is 12.9. The summed E-state index contributed by atoms with van der Waals surface area (Å²) in [7, 11) is 0. The van der Waals surface area contributed by atoms with Gasteiger partial charge in [-0.25, -0.2) is 10.1 Å². The smallest absolute Gasteiger partial charge is 0.272 e. The molecule has 1 saturated carbocycles. The number of hydrogen-bond acceptors (Lipinski definition) is 4. The highest BCUT2D eigenvalue weighted by Gasteiger charge is 2.27. The highest BCUT2D eigenvalue weighted by molar-refractivity contribution is 6.34. The molecule has 31 heavy (non-hydrogen) atoms. The molecule has 4 aromatic rings. The molecule has 1 aromatic carbocycles. The maximum Gasteiger partial charge on any atom is 0.272 e. The van der Waals surface area contributed by atoms with E-state index in [0.717, 1.165) is 42.3 Å². The molecule has 1 amide bonds. The minimum Gasteiger partial charge on any atom is -0.348 e. The number of nitrogens with one attached hydrogen (secondary N) is 2. The third kappa shape index (κ3) is 3.49. The average Bonchev–Trinajstić information content (AvgIpc) is 3.22. The Kier molecular flexibility index (Phi) is 4.98. The molecule has 3 heterocycles. The summed E-state index contributed by atoms with van der Waals surface area (Å²) >= 11 is 6.32. The second-order valence-corrected chi connectivity index (χ2v) is 8.53. The van der Waals surface area contributed by atoms with Gasteiger partial charge in [-0.2, -0.15) is 5.10 Å². The van der Waals surface area contributed by atoms with Crippen LogP contribution < -0.4 is 10.9 Å². The van der Waals surface area contributed by atoms with E-state index in [1.807, 2.05) is 43.5 Å². The van der Waals surface area contributed by atoms with Crippen LogP contribution in [-0.2, 0) is 0 Å². The van der Waals surface area contributed by atoms with Crippen LogP contribution in [0.4, 0.5) is 0 Å². The van der Waals surface area contributed by atoms with E-state index in [1.54, 1.807) is 10.6 Å². The molecule has 3 aromatic heterocycles. The number of amides is 1. The number of halogens is 1. The highest BCUT2D eigenvalue weighted by Crippen LogP contribution is 2.34. The summed E-state index contributed by atoms with van der Waals surface area (Å²) in [6.45, 7) is 1.91. The molecule has 5 rings (SSSR count). The number of rotatable bonds is 3. The number of nitrogens with zero attached hydrogens (tertiary/aromatic N) is 3. The Morgan fingerprint density at radius 3 is 2.68 bits per heavy atom. The summed E-state index contributed by atoms with van der Waals surface area (Å²) in [4.78, 5) is 29.2. The van der Waals surface area contributed by atoms with Gasteiger partial charge in [0.05, 0.1) is 22.3 Å². The van der Waals surface area contributed by atoms with Crippen molar-refractivity contribution in [1.29, 1.82) is 0 Å². The number of aryl methyl sites for hydroxylation is 1. The first-order valence-electron chi connectivity index (χ1n) is 10.4. The van der Waals surface area contributed by atoms with Crippen LogP contribution in [0, 0.1) is 6.92 Å². The molecule has 0 radical (unpaired) electrons. The van der Waals surface area contributed by atoms with Crippen LogP contribution in [0.15, 0.2) is 47.5 Å². The van der Waals surface area contributed by atoms with Crippen LogP contribution >= 0.6 is 11.6 Å². The van der Waals surface area contributed by atoms with Gasteiger partial charge >= 0.3 is 0 Å². The average molecular weight is 436 g/mol. The Hall–Kier alpha value is -3.19. The highest BCUT2D eigenvalue weighted by atomic mass is 35.5. The Labute approximate surface area is 183 Å². The minimum atomic E-state index is -0.163. The van der Waals surface area contributed by atoms with Crippen LogP contribution in [0.25, 0.3) is 16.4 Å². The molecule has 1 aliphatic carbocycles. The van der Waals surface area contributed by atoms with E-state index in [-0.39, 0.29) is 23.4 Å². The van der Waals surface area contributed by atoms with Gasteiger partial charge in [-0.3, -0.25) is 14.0 Å². The summed E-state index contributed by atoms with van der Waals surface area (Å²) in [6, 6.07) is 9.54. The molecule has 1 fully saturated rings. The number of fused-ring (bicyclic) bond motifs is 2. The first-order chi connectivity index (χ1) is 15.0. The number of carbonyl (C=O) groups is 1. The van der Waals surface area contributed by atoms with Crippen LogP contribution in [0.2, 0.25) is 5.02 Å². The minimum absolute atomic E-state index is 0.0873. The van der Waals surface area contributed by atoms with Gasteiger partial charge in [0.25, 0.3) is 11.5 Å². The molecule has 2 N–H and O–H groups in total. The van der Waals surface area contributed by atoms with E-state index in [2.05, 4.69) is 20.5 Å². The number of hydrogen-bond donors (Lipinski definition) is 2.